The number of rotatable bonds is 19. The van der Waals surface area contributed by atoms with Crippen LogP contribution in [0, 0.1) is 0 Å². The Labute approximate surface area is 177 Å². The molecule has 3 heteroatoms. The lowest BCUT2D eigenvalue weighted by Crippen LogP contribution is -2.46. The van der Waals surface area contributed by atoms with Crippen molar-refractivity contribution in [3.8, 4) is 0 Å². The highest BCUT2D eigenvalue weighted by Gasteiger charge is 2.19. The second-order valence-electron chi connectivity index (χ2n) is 8.76. The third kappa shape index (κ3) is 23.5. The van der Waals surface area contributed by atoms with Gasteiger partial charge in [0.05, 0.1) is 26.7 Å². The Morgan fingerprint density at radius 1 is 0.571 bits per heavy atom. The fraction of sp³-hybridized carbons (Fsp3) is 0.960. The zero-order valence-corrected chi connectivity index (χ0v) is 20.2. The fourth-order valence-corrected chi connectivity index (χ4v) is 3.63. The Bertz CT molecular complexity index is 282. The van der Waals surface area contributed by atoms with Crippen LogP contribution in [0.25, 0.3) is 0 Å². The third-order valence-electron chi connectivity index (χ3n) is 5.69. The number of unbranched alkanes of at least 4 members (excludes halogenated alkanes) is 12. The third-order valence-corrected chi connectivity index (χ3v) is 5.69. The van der Waals surface area contributed by atoms with Crippen LogP contribution in [0.15, 0.2) is 0 Å². The molecule has 28 heavy (non-hydrogen) atoms. The molecule has 0 N–H and O–H groups in total. The molecular weight excluding hydrogens is 346 g/mol. The van der Waals surface area contributed by atoms with Crippen molar-refractivity contribution < 1.29 is 14.4 Å². The van der Waals surface area contributed by atoms with Gasteiger partial charge in [-0.05, 0) is 44.9 Å². The smallest absolute Gasteiger partial charge is 0.0784 e. The predicted octanol–water partition coefficient (Wildman–Crippen LogP) is 6.49. The Morgan fingerprint density at radius 3 is 1.04 bits per heavy atom. The molecule has 0 saturated carbocycles. The topological polar surface area (TPSA) is 40.1 Å². The van der Waals surface area contributed by atoms with E-state index < -0.39 is 5.97 Å². The molecule has 0 aromatic rings. The lowest BCUT2D eigenvalue weighted by Gasteiger charge is -2.35. The van der Waals surface area contributed by atoms with Gasteiger partial charge in [-0.25, -0.2) is 0 Å². The summed E-state index contributed by atoms with van der Waals surface area (Å²) >= 11 is 0. The van der Waals surface area contributed by atoms with E-state index in [0.29, 0.717) is 0 Å². The Kier molecular flexibility index (Phi) is 24.0. The number of carboxylic acids is 1. The second kappa shape index (κ2) is 22.7. The number of nitrogens with zero attached hydrogens (tertiary/aromatic N) is 1. The molecule has 170 valence electrons. The van der Waals surface area contributed by atoms with Crippen molar-refractivity contribution in [2.24, 2.45) is 0 Å². The van der Waals surface area contributed by atoms with Gasteiger partial charge in [0.2, 0.25) is 0 Å². The summed E-state index contributed by atoms with van der Waals surface area (Å²) in [5.41, 5.74) is 0. The van der Waals surface area contributed by atoms with Gasteiger partial charge in [0.1, 0.15) is 0 Å². The van der Waals surface area contributed by atoms with Crippen LogP contribution < -0.4 is 5.11 Å². The molecule has 0 aromatic carbocycles. The van der Waals surface area contributed by atoms with E-state index in [2.05, 4.69) is 27.8 Å². The van der Waals surface area contributed by atoms with E-state index in [1.54, 1.807) is 0 Å². The summed E-state index contributed by atoms with van der Waals surface area (Å²) in [6.07, 6.45) is 21.5. The summed E-state index contributed by atoms with van der Waals surface area (Å²) in [5.74, 6) is -0.995. The van der Waals surface area contributed by atoms with E-state index in [-0.39, 0.29) is 6.42 Å². The maximum absolute atomic E-state index is 9.26. The standard InChI is InChI=1S/C22H48N.C3H6O2/c1-5-8-11-14-17-20-23(4,21-18-15-12-9-6-2)22-19-16-13-10-7-3;1-2-3(4)5/h5-22H2,1-4H3;2H2,1H3,(H,4,5)/q+1;/p-1. The van der Waals surface area contributed by atoms with E-state index in [1.807, 2.05) is 0 Å². The molecule has 0 rings (SSSR count). The first-order chi connectivity index (χ1) is 13.5. The SMILES string of the molecule is CCC(=O)[O-].CCCCCCC[N+](C)(CCCCCCC)CCCCCCC. The van der Waals surface area contributed by atoms with Gasteiger partial charge in [0.15, 0.2) is 0 Å². The lowest BCUT2D eigenvalue weighted by atomic mass is 10.1. The molecule has 0 saturated heterocycles. The van der Waals surface area contributed by atoms with Crippen LogP contribution in [-0.2, 0) is 4.79 Å². The molecule has 0 aliphatic heterocycles. The summed E-state index contributed by atoms with van der Waals surface area (Å²) in [6.45, 7) is 12.7. The fourth-order valence-electron chi connectivity index (χ4n) is 3.63. The first-order valence-electron chi connectivity index (χ1n) is 12.5. The van der Waals surface area contributed by atoms with Gasteiger partial charge in [-0.15, -0.1) is 0 Å². The zero-order chi connectivity index (χ0) is 21.5. The van der Waals surface area contributed by atoms with E-state index in [9.17, 15) is 9.90 Å². The van der Waals surface area contributed by atoms with Crippen LogP contribution in [0.3, 0.4) is 0 Å². The molecule has 0 bridgehead atoms. The minimum absolute atomic E-state index is 0.111. The Morgan fingerprint density at radius 2 is 0.821 bits per heavy atom. The Balaban J connectivity index is 0. The minimum Gasteiger partial charge on any atom is -0.550 e. The van der Waals surface area contributed by atoms with Crippen LogP contribution in [0.4, 0.5) is 0 Å². The highest BCUT2D eigenvalue weighted by atomic mass is 16.4. The van der Waals surface area contributed by atoms with Crippen molar-refractivity contribution in [1.82, 2.24) is 0 Å². The number of carbonyl (C=O) groups excluding carboxylic acids is 1. The zero-order valence-electron chi connectivity index (χ0n) is 20.2. The molecule has 0 atom stereocenters. The average molecular weight is 400 g/mol. The lowest BCUT2D eigenvalue weighted by molar-refractivity contribution is -0.910. The van der Waals surface area contributed by atoms with Crippen LogP contribution in [-0.4, -0.2) is 37.1 Å². The van der Waals surface area contributed by atoms with Crippen molar-refractivity contribution in [3.05, 3.63) is 0 Å². The Hall–Kier alpha value is -0.570. The largest absolute Gasteiger partial charge is 0.550 e. The van der Waals surface area contributed by atoms with Gasteiger partial charge >= 0.3 is 0 Å². The quantitative estimate of drug-likeness (QED) is 0.184. The summed E-state index contributed by atoms with van der Waals surface area (Å²) in [7, 11) is 2.54. The molecule has 0 fully saturated rings. The highest BCUT2D eigenvalue weighted by molar-refractivity contribution is 5.63. The van der Waals surface area contributed by atoms with Crippen molar-refractivity contribution in [2.75, 3.05) is 26.7 Å². The monoisotopic (exact) mass is 399 g/mol. The second-order valence-corrected chi connectivity index (χ2v) is 8.76. The van der Waals surface area contributed by atoms with Crippen LogP contribution in [0.2, 0.25) is 0 Å². The van der Waals surface area contributed by atoms with E-state index in [0.717, 1.165) is 0 Å². The van der Waals surface area contributed by atoms with E-state index in [1.165, 1.54) is 127 Å². The summed E-state index contributed by atoms with van der Waals surface area (Å²) in [5, 5.41) is 9.26. The van der Waals surface area contributed by atoms with Gasteiger partial charge in [0.25, 0.3) is 0 Å². The average Bonchev–Trinajstić information content (AvgIpc) is 2.68. The summed E-state index contributed by atoms with van der Waals surface area (Å²) in [6, 6.07) is 0. The van der Waals surface area contributed by atoms with Crippen LogP contribution in [0.1, 0.15) is 130 Å². The summed E-state index contributed by atoms with van der Waals surface area (Å²) < 4.78 is 1.35. The molecule has 0 aromatic heterocycles. The predicted molar refractivity (Wildman–Crippen MR) is 122 cm³/mol. The van der Waals surface area contributed by atoms with Crippen molar-refractivity contribution >= 4 is 5.97 Å². The van der Waals surface area contributed by atoms with Crippen LogP contribution >= 0.6 is 0 Å². The van der Waals surface area contributed by atoms with Gasteiger partial charge in [-0.3, -0.25) is 0 Å². The van der Waals surface area contributed by atoms with Crippen molar-refractivity contribution in [1.29, 1.82) is 0 Å². The normalized spacial score (nSPS) is 11.2. The van der Waals surface area contributed by atoms with Crippen molar-refractivity contribution in [3.63, 3.8) is 0 Å². The molecule has 0 amide bonds. The van der Waals surface area contributed by atoms with Gasteiger partial charge in [0, 0.05) is 5.97 Å². The molecule has 0 heterocycles. The van der Waals surface area contributed by atoms with Crippen molar-refractivity contribution in [2.45, 2.75) is 130 Å². The number of hydrogen-bond donors (Lipinski definition) is 0. The highest BCUT2D eigenvalue weighted by Crippen LogP contribution is 2.15. The van der Waals surface area contributed by atoms with E-state index in [4.69, 9.17) is 0 Å². The van der Waals surface area contributed by atoms with Gasteiger partial charge in [-0.2, -0.15) is 0 Å². The first-order valence-corrected chi connectivity index (χ1v) is 12.5. The molecule has 0 aliphatic carbocycles. The maximum Gasteiger partial charge on any atom is 0.0784 e. The molecule has 3 nitrogen and oxygen atoms in total. The number of aliphatic carboxylic acids is 1. The van der Waals surface area contributed by atoms with Gasteiger partial charge < -0.3 is 14.4 Å². The van der Waals surface area contributed by atoms with E-state index >= 15 is 0 Å². The number of carboxylic acid groups (broad SMARTS) is 1. The first kappa shape index (κ1) is 29.6. The molecule has 0 radical (unpaired) electrons. The molecule has 0 spiro atoms. The van der Waals surface area contributed by atoms with Gasteiger partial charge in [-0.1, -0.05) is 85.5 Å². The molecule has 0 aliphatic rings. The van der Waals surface area contributed by atoms with Crippen LogP contribution in [0.5, 0.6) is 0 Å². The number of carbonyl (C=O) groups is 1. The number of hydrogen-bond acceptors (Lipinski definition) is 2. The molecule has 0 unspecified atom stereocenters. The minimum atomic E-state index is -0.995. The summed E-state index contributed by atoms with van der Waals surface area (Å²) in [4.78, 5) is 9.26. The maximum atomic E-state index is 9.26. The molecular formula is C25H53NO2. The number of quaternary nitrogens is 1.